The van der Waals surface area contributed by atoms with Gasteiger partial charge in [-0.3, -0.25) is 4.79 Å². The molecule has 2 aliphatic rings. The highest BCUT2D eigenvalue weighted by Gasteiger charge is 2.34. The van der Waals surface area contributed by atoms with E-state index in [0.717, 1.165) is 24.2 Å². The van der Waals surface area contributed by atoms with Gasteiger partial charge >= 0.3 is 5.97 Å². The number of fused-ring (bicyclic) bond motifs is 2. The molecule has 9 heteroatoms. The van der Waals surface area contributed by atoms with Crippen molar-refractivity contribution in [3.63, 3.8) is 0 Å². The van der Waals surface area contributed by atoms with Gasteiger partial charge in [0.1, 0.15) is 36.2 Å². The second-order valence-electron chi connectivity index (χ2n) is 8.99. The second-order valence-corrected chi connectivity index (χ2v) is 9.80. The maximum absolute atomic E-state index is 13.1. The van der Waals surface area contributed by atoms with Gasteiger partial charge in [0.15, 0.2) is 5.78 Å². The third-order valence-corrected chi connectivity index (χ3v) is 7.16. The summed E-state index contributed by atoms with van der Waals surface area (Å²) in [5.74, 6) is 0.585. The number of hydrogen-bond donors (Lipinski definition) is 1. The van der Waals surface area contributed by atoms with Gasteiger partial charge < -0.3 is 19.1 Å². The molecular weight excluding hydrogens is 517 g/mol. The van der Waals surface area contributed by atoms with E-state index in [1.54, 1.807) is 36.4 Å². The van der Waals surface area contributed by atoms with E-state index in [9.17, 15) is 14.7 Å². The van der Waals surface area contributed by atoms with Gasteiger partial charge in [-0.15, -0.1) is 0 Å². The van der Waals surface area contributed by atoms with Gasteiger partial charge in [0.2, 0.25) is 0 Å². The molecule has 7 nitrogen and oxygen atoms in total. The summed E-state index contributed by atoms with van der Waals surface area (Å²) in [4.78, 5) is 24.5. The molecule has 0 saturated heterocycles. The summed E-state index contributed by atoms with van der Waals surface area (Å²) >= 11 is 12.9. The van der Waals surface area contributed by atoms with Crippen LogP contribution in [0.1, 0.15) is 61.9 Å². The largest absolute Gasteiger partial charge is 0.489 e. The summed E-state index contributed by atoms with van der Waals surface area (Å²) in [7, 11) is 0. The molecule has 2 heterocycles. The van der Waals surface area contributed by atoms with Crippen LogP contribution in [0.2, 0.25) is 10.0 Å². The molecule has 6 rings (SSSR count). The van der Waals surface area contributed by atoms with Crippen LogP contribution in [-0.4, -0.2) is 22.0 Å². The number of halogens is 2. The van der Waals surface area contributed by atoms with Crippen molar-refractivity contribution in [2.24, 2.45) is 0 Å². The first kappa shape index (κ1) is 23.6. The van der Waals surface area contributed by atoms with E-state index in [4.69, 9.17) is 37.2 Å². The van der Waals surface area contributed by atoms with Gasteiger partial charge in [-0.25, -0.2) is 4.79 Å². The number of nitrogens with zero attached hydrogens (tertiary/aromatic N) is 1. The minimum Gasteiger partial charge on any atom is -0.489 e. The Hall–Kier alpha value is -3.81. The third-order valence-electron chi connectivity index (χ3n) is 6.53. The number of ketones is 1. The van der Waals surface area contributed by atoms with E-state index in [-0.39, 0.29) is 30.5 Å². The lowest BCUT2D eigenvalue weighted by Gasteiger charge is -2.12. The minimum absolute atomic E-state index is 0.0608. The average molecular weight is 536 g/mol. The van der Waals surface area contributed by atoms with Crippen molar-refractivity contribution in [1.82, 2.24) is 5.16 Å². The van der Waals surface area contributed by atoms with E-state index in [0.29, 0.717) is 49.5 Å². The fourth-order valence-corrected chi connectivity index (χ4v) is 5.05. The van der Waals surface area contributed by atoms with Crippen LogP contribution < -0.4 is 9.47 Å². The Labute approximate surface area is 221 Å². The van der Waals surface area contributed by atoms with E-state index < -0.39 is 5.97 Å². The molecule has 1 N–H and O–H groups in total. The van der Waals surface area contributed by atoms with E-state index in [2.05, 4.69) is 5.16 Å². The smallest absolute Gasteiger partial charge is 0.335 e. The molecule has 0 amide bonds. The number of carbonyl (C=O) groups excluding carboxylic acids is 1. The third kappa shape index (κ3) is 4.34. The van der Waals surface area contributed by atoms with Crippen molar-refractivity contribution < 1.29 is 28.7 Å². The molecule has 1 aliphatic heterocycles. The molecule has 37 heavy (non-hydrogen) atoms. The maximum atomic E-state index is 13.1. The molecule has 1 fully saturated rings. The summed E-state index contributed by atoms with van der Waals surface area (Å²) < 4.78 is 17.7. The molecule has 0 atom stereocenters. The predicted molar refractivity (Wildman–Crippen MR) is 136 cm³/mol. The highest BCUT2D eigenvalue weighted by Crippen LogP contribution is 2.46. The average Bonchev–Trinajstić information content (AvgIpc) is 3.67. The topological polar surface area (TPSA) is 98.9 Å². The lowest BCUT2D eigenvalue weighted by atomic mass is 9.97. The molecule has 1 saturated carbocycles. The van der Waals surface area contributed by atoms with Crippen molar-refractivity contribution in [2.45, 2.75) is 32.0 Å². The van der Waals surface area contributed by atoms with Crippen molar-refractivity contribution in [3.8, 4) is 22.8 Å². The van der Waals surface area contributed by atoms with Crippen LogP contribution in [0.5, 0.6) is 11.5 Å². The molecule has 0 spiro atoms. The van der Waals surface area contributed by atoms with Crippen molar-refractivity contribution in [3.05, 3.63) is 98.2 Å². The zero-order valence-corrected chi connectivity index (χ0v) is 20.8. The number of benzene rings is 3. The second kappa shape index (κ2) is 9.25. The normalized spacial score (nSPS) is 14.4. The molecule has 186 valence electrons. The first-order valence-electron chi connectivity index (χ1n) is 11.6. The van der Waals surface area contributed by atoms with Crippen LogP contribution in [0.3, 0.4) is 0 Å². The lowest BCUT2D eigenvalue weighted by molar-refractivity contribution is 0.0696. The Balaban J connectivity index is 1.29. The number of aromatic carboxylic acids is 1. The molecule has 1 aromatic heterocycles. The maximum Gasteiger partial charge on any atom is 0.335 e. The zero-order valence-electron chi connectivity index (χ0n) is 19.3. The predicted octanol–water partition coefficient (Wildman–Crippen LogP) is 6.93. The molecule has 1 aliphatic carbocycles. The molecule has 0 radical (unpaired) electrons. The first-order valence-corrected chi connectivity index (χ1v) is 12.4. The van der Waals surface area contributed by atoms with Crippen LogP contribution in [0.15, 0.2) is 59.1 Å². The van der Waals surface area contributed by atoms with E-state index >= 15 is 0 Å². The highest BCUT2D eigenvalue weighted by atomic mass is 35.5. The zero-order chi connectivity index (χ0) is 25.7. The van der Waals surface area contributed by atoms with Crippen LogP contribution >= 0.6 is 23.2 Å². The molecular formula is C28H19Cl2NO6. The van der Waals surface area contributed by atoms with Gasteiger partial charge in [-0.1, -0.05) is 34.4 Å². The van der Waals surface area contributed by atoms with Gasteiger partial charge in [0, 0.05) is 28.7 Å². The Morgan fingerprint density at radius 1 is 1.05 bits per heavy atom. The Kier molecular flexibility index (Phi) is 5.89. The minimum atomic E-state index is -1.07. The van der Waals surface area contributed by atoms with Crippen molar-refractivity contribution >= 4 is 35.0 Å². The summed E-state index contributed by atoms with van der Waals surface area (Å²) in [6, 6.07) is 14.7. The fourth-order valence-electron chi connectivity index (χ4n) is 4.47. The van der Waals surface area contributed by atoms with Crippen molar-refractivity contribution in [1.29, 1.82) is 0 Å². The lowest BCUT2D eigenvalue weighted by Crippen LogP contribution is -2.06. The van der Waals surface area contributed by atoms with E-state index in [1.165, 1.54) is 18.2 Å². The van der Waals surface area contributed by atoms with Crippen LogP contribution in [0.4, 0.5) is 0 Å². The molecule has 0 unspecified atom stereocenters. The Morgan fingerprint density at radius 3 is 2.54 bits per heavy atom. The standard InChI is InChI=1S/C28H19Cl2NO6/c29-21-2-1-3-22(30)24(21)25-20(27(37-31-25)14-4-5-14)13-35-17-7-9-19-23(11-17)36-12-16-10-15(28(33)34)6-8-18(16)26(19)32/h1-3,6-11,14H,4-5,12-13H2,(H,33,34). The van der Waals surface area contributed by atoms with Gasteiger partial charge in [-0.05, 0) is 55.3 Å². The summed E-state index contributed by atoms with van der Waals surface area (Å²) in [5.41, 5.74) is 3.32. The quantitative estimate of drug-likeness (QED) is 0.285. The SMILES string of the molecule is O=C(O)c1ccc2c(c1)COc1cc(OCc3c(-c4c(Cl)cccc4Cl)noc3C3CC3)ccc1C2=O. The number of carbonyl (C=O) groups is 2. The van der Waals surface area contributed by atoms with Crippen LogP contribution in [0, 0.1) is 0 Å². The fraction of sp³-hybridized carbons (Fsp3) is 0.179. The first-order chi connectivity index (χ1) is 17.9. The molecule has 0 bridgehead atoms. The Morgan fingerprint density at radius 2 is 1.81 bits per heavy atom. The molecule has 4 aromatic rings. The van der Waals surface area contributed by atoms with Crippen molar-refractivity contribution in [2.75, 3.05) is 0 Å². The Bertz CT molecular complexity index is 1550. The number of carboxylic acid groups (broad SMARTS) is 1. The highest BCUT2D eigenvalue weighted by molar-refractivity contribution is 6.39. The van der Waals surface area contributed by atoms with Gasteiger partial charge in [0.25, 0.3) is 0 Å². The van der Waals surface area contributed by atoms with Crippen LogP contribution in [0.25, 0.3) is 11.3 Å². The van der Waals surface area contributed by atoms with Gasteiger partial charge in [-0.2, -0.15) is 0 Å². The summed E-state index contributed by atoms with van der Waals surface area (Å²) in [6.07, 6.45) is 2.02. The van der Waals surface area contributed by atoms with E-state index in [1.807, 2.05) is 0 Å². The number of hydrogen-bond acceptors (Lipinski definition) is 6. The number of aromatic nitrogens is 1. The number of ether oxygens (including phenoxy) is 2. The van der Waals surface area contributed by atoms with Gasteiger partial charge in [0.05, 0.1) is 26.7 Å². The monoisotopic (exact) mass is 535 g/mol. The number of carboxylic acids is 1. The number of rotatable bonds is 6. The summed E-state index contributed by atoms with van der Waals surface area (Å²) in [5, 5.41) is 14.5. The summed E-state index contributed by atoms with van der Waals surface area (Å²) in [6.45, 7) is 0.215. The van der Waals surface area contributed by atoms with Crippen LogP contribution in [-0.2, 0) is 13.2 Å². The molecule has 3 aromatic carbocycles.